The van der Waals surface area contributed by atoms with Gasteiger partial charge in [-0.1, -0.05) is 12.8 Å². The Morgan fingerprint density at radius 3 is 2.88 bits per heavy atom. The molecule has 3 N–H and O–H groups in total. The lowest BCUT2D eigenvalue weighted by Crippen LogP contribution is -2.53. The summed E-state index contributed by atoms with van der Waals surface area (Å²) >= 11 is 0. The van der Waals surface area contributed by atoms with Gasteiger partial charge in [-0.15, -0.1) is 0 Å². The van der Waals surface area contributed by atoms with E-state index >= 15 is 0 Å². The first-order valence-electron chi connectivity index (χ1n) is 6.01. The first-order valence-corrected chi connectivity index (χ1v) is 6.01. The Bertz CT molecular complexity index is 246. The highest BCUT2D eigenvalue weighted by atomic mass is 16.5. The standard InChI is InChI=1S/C11H20N2O3/c14-10(9-7-16-6-5-12-9)13-8-11(15)3-1-2-4-11/h9,12,15H,1-8H2,(H,13,14). The molecule has 5 nitrogen and oxygen atoms in total. The summed E-state index contributed by atoms with van der Waals surface area (Å²) in [5.41, 5.74) is -0.675. The molecule has 1 unspecified atom stereocenters. The van der Waals surface area contributed by atoms with Gasteiger partial charge in [-0.05, 0) is 12.8 Å². The molecule has 5 heteroatoms. The predicted molar refractivity (Wildman–Crippen MR) is 59.0 cm³/mol. The second-order valence-electron chi connectivity index (χ2n) is 4.73. The van der Waals surface area contributed by atoms with Crippen LogP contribution in [0, 0.1) is 0 Å². The van der Waals surface area contributed by atoms with Crippen LogP contribution in [0.15, 0.2) is 0 Å². The van der Waals surface area contributed by atoms with E-state index in [1.54, 1.807) is 0 Å². The van der Waals surface area contributed by atoms with Gasteiger partial charge in [0.15, 0.2) is 0 Å². The molecule has 2 rings (SSSR count). The lowest BCUT2D eigenvalue weighted by atomic mass is 10.0. The molecule has 16 heavy (non-hydrogen) atoms. The molecule has 1 aliphatic carbocycles. The highest BCUT2D eigenvalue weighted by molar-refractivity contribution is 5.82. The molecule has 0 aromatic rings. The molecule has 0 aromatic carbocycles. The van der Waals surface area contributed by atoms with Crippen molar-refractivity contribution in [2.45, 2.75) is 37.3 Å². The zero-order valence-electron chi connectivity index (χ0n) is 9.50. The van der Waals surface area contributed by atoms with E-state index in [9.17, 15) is 9.90 Å². The molecule has 2 aliphatic rings. The summed E-state index contributed by atoms with van der Waals surface area (Å²) in [5, 5.41) is 16.0. The van der Waals surface area contributed by atoms with E-state index < -0.39 is 5.60 Å². The van der Waals surface area contributed by atoms with Gasteiger partial charge in [-0.2, -0.15) is 0 Å². The van der Waals surface area contributed by atoms with Gasteiger partial charge in [0.1, 0.15) is 6.04 Å². The van der Waals surface area contributed by atoms with Crippen LogP contribution in [-0.4, -0.2) is 49.0 Å². The number of hydrogen-bond acceptors (Lipinski definition) is 4. The van der Waals surface area contributed by atoms with Crippen LogP contribution in [0.3, 0.4) is 0 Å². The predicted octanol–water partition coefficient (Wildman–Crippen LogP) is -0.604. The Kier molecular flexibility index (Phi) is 3.78. The maximum absolute atomic E-state index is 11.7. The summed E-state index contributed by atoms with van der Waals surface area (Å²) in [6.07, 6.45) is 3.69. The van der Waals surface area contributed by atoms with Gasteiger partial charge < -0.3 is 20.5 Å². The fourth-order valence-electron chi connectivity index (χ4n) is 2.32. The van der Waals surface area contributed by atoms with E-state index in [2.05, 4.69) is 10.6 Å². The van der Waals surface area contributed by atoms with Crippen LogP contribution >= 0.6 is 0 Å². The summed E-state index contributed by atoms with van der Waals surface area (Å²) in [5.74, 6) is -0.0694. The molecule has 92 valence electrons. The first-order chi connectivity index (χ1) is 7.70. The van der Waals surface area contributed by atoms with E-state index in [-0.39, 0.29) is 11.9 Å². The first kappa shape index (κ1) is 11.8. The monoisotopic (exact) mass is 228 g/mol. The lowest BCUT2D eigenvalue weighted by molar-refractivity contribution is -0.127. The summed E-state index contributed by atoms with van der Waals surface area (Å²) in [7, 11) is 0. The molecule has 1 heterocycles. The van der Waals surface area contributed by atoms with E-state index in [1.807, 2.05) is 0 Å². The lowest BCUT2D eigenvalue weighted by Gasteiger charge is -2.26. The van der Waals surface area contributed by atoms with Gasteiger partial charge in [0.2, 0.25) is 5.91 Å². The van der Waals surface area contributed by atoms with Gasteiger partial charge in [0, 0.05) is 13.1 Å². The van der Waals surface area contributed by atoms with Gasteiger partial charge in [0.05, 0.1) is 18.8 Å². The van der Waals surface area contributed by atoms with Gasteiger partial charge >= 0.3 is 0 Å². The summed E-state index contributed by atoms with van der Waals surface area (Å²) in [6, 6.07) is -0.265. The van der Waals surface area contributed by atoms with Crippen molar-refractivity contribution in [3.05, 3.63) is 0 Å². The molecule has 2 fully saturated rings. The number of amides is 1. The van der Waals surface area contributed by atoms with E-state index in [0.717, 1.165) is 25.7 Å². The SMILES string of the molecule is O=C(NCC1(O)CCCC1)C1COCCN1. The Balaban J connectivity index is 1.74. The molecule has 1 saturated heterocycles. The molecule has 0 bridgehead atoms. The van der Waals surface area contributed by atoms with Crippen molar-refractivity contribution < 1.29 is 14.6 Å². The molecule has 1 aliphatic heterocycles. The molecule has 1 atom stereocenters. The number of hydrogen-bond donors (Lipinski definition) is 3. The number of aliphatic hydroxyl groups is 1. The van der Waals surface area contributed by atoms with Crippen molar-refractivity contribution in [3.8, 4) is 0 Å². The fourth-order valence-corrected chi connectivity index (χ4v) is 2.32. The van der Waals surface area contributed by atoms with Crippen LogP contribution in [0.1, 0.15) is 25.7 Å². The minimum atomic E-state index is -0.675. The summed E-state index contributed by atoms with van der Waals surface area (Å²) in [4.78, 5) is 11.7. The van der Waals surface area contributed by atoms with E-state index in [0.29, 0.717) is 26.3 Å². The highest BCUT2D eigenvalue weighted by Gasteiger charge is 2.32. The smallest absolute Gasteiger partial charge is 0.239 e. The van der Waals surface area contributed by atoms with Gasteiger partial charge in [-0.3, -0.25) is 4.79 Å². The van der Waals surface area contributed by atoms with Crippen molar-refractivity contribution in [3.63, 3.8) is 0 Å². The fraction of sp³-hybridized carbons (Fsp3) is 0.909. The number of morpholine rings is 1. The second kappa shape index (κ2) is 5.12. The highest BCUT2D eigenvalue weighted by Crippen LogP contribution is 2.28. The number of carbonyl (C=O) groups is 1. The minimum absolute atomic E-state index is 0.0694. The average molecular weight is 228 g/mol. The quantitative estimate of drug-likeness (QED) is 0.603. The number of carbonyl (C=O) groups excluding carboxylic acids is 1. The van der Waals surface area contributed by atoms with Crippen molar-refractivity contribution in [2.24, 2.45) is 0 Å². The second-order valence-corrected chi connectivity index (χ2v) is 4.73. The molecule has 0 radical (unpaired) electrons. The number of nitrogens with one attached hydrogen (secondary N) is 2. The Hall–Kier alpha value is -0.650. The minimum Gasteiger partial charge on any atom is -0.388 e. The molecular formula is C11H20N2O3. The Morgan fingerprint density at radius 2 is 2.25 bits per heavy atom. The van der Waals surface area contributed by atoms with Crippen LogP contribution in [0.5, 0.6) is 0 Å². The van der Waals surface area contributed by atoms with Gasteiger partial charge in [0.25, 0.3) is 0 Å². The number of ether oxygens (including phenoxy) is 1. The van der Waals surface area contributed by atoms with E-state index in [1.165, 1.54) is 0 Å². The van der Waals surface area contributed by atoms with Crippen LogP contribution in [-0.2, 0) is 9.53 Å². The third kappa shape index (κ3) is 2.93. The zero-order chi connectivity index (χ0) is 11.4. The van der Waals surface area contributed by atoms with Gasteiger partial charge in [-0.25, -0.2) is 0 Å². The molecule has 0 aromatic heterocycles. The summed E-state index contributed by atoms with van der Waals surface area (Å²) in [6.45, 7) is 2.16. The van der Waals surface area contributed by atoms with E-state index in [4.69, 9.17) is 4.74 Å². The van der Waals surface area contributed by atoms with Crippen molar-refractivity contribution in [2.75, 3.05) is 26.3 Å². The molecular weight excluding hydrogens is 208 g/mol. The third-order valence-corrected chi connectivity index (χ3v) is 3.36. The van der Waals surface area contributed by atoms with Crippen LogP contribution < -0.4 is 10.6 Å². The molecule has 1 saturated carbocycles. The average Bonchev–Trinajstić information content (AvgIpc) is 2.75. The van der Waals surface area contributed by atoms with Crippen LogP contribution in [0.4, 0.5) is 0 Å². The third-order valence-electron chi connectivity index (χ3n) is 3.36. The van der Waals surface area contributed by atoms with Crippen molar-refractivity contribution >= 4 is 5.91 Å². The van der Waals surface area contributed by atoms with Crippen molar-refractivity contribution in [1.29, 1.82) is 0 Å². The van der Waals surface area contributed by atoms with Crippen molar-refractivity contribution in [1.82, 2.24) is 10.6 Å². The number of rotatable bonds is 3. The normalized spacial score (nSPS) is 28.9. The Labute approximate surface area is 95.5 Å². The maximum Gasteiger partial charge on any atom is 0.239 e. The topological polar surface area (TPSA) is 70.6 Å². The van der Waals surface area contributed by atoms with Crippen LogP contribution in [0.2, 0.25) is 0 Å². The zero-order valence-corrected chi connectivity index (χ0v) is 9.50. The Morgan fingerprint density at radius 1 is 1.50 bits per heavy atom. The summed E-state index contributed by atoms with van der Waals surface area (Å²) < 4.78 is 5.21. The molecule has 0 spiro atoms. The van der Waals surface area contributed by atoms with Crippen LogP contribution in [0.25, 0.3) is 0 Å². The maximum atomic E-state index is 11.7. The largest absolute Gasteiger partial charge is 0.388 e. The molecule has 1 amide bonds.